The first-order valence-corrected chi connectivity index (χ1v) is 4.14. The molecule has 0 aliphatic heterocycles. The fourth-order valence-electron chi connectivity index (χ4n) is 1.72. The van der Waals surface area contributed by atoms with E-state index >= 15 is 0 Å². The molecule has 0 amide bonds. The van der Waals surface area contributed by atoms with Crippen molar-refractivity contribution < 1.29 is 14.8 Å². The maximum atomic E-state index is 10.8. The quantitative estimate of drug-likeness (QED) is 0.468. The Morgan fingerprint density at radius 3 is 2.62 bits per heavy atom. The van der Waals surface area contributed by atoms with Crippen molar-refractivity contribution in [2.75, 3.05) is 0 Å². The summed E-state index contributed by atoms with van der Waals surface area (Å²) in [5.74, 6) is -1.27. The van der Waals surface area contributed by atoms with E-state index < -0.39 is 22.5 Å². The van der Waals surface area contributed by atoms with Crippen LogP contribution in [0.5, 0.6) is 0 Å². The number of carbonyl (C=O) groups is 1. The fourth-order valence-corrected chi connectivity index (χ4v) is 1.72. The molecule has 0 radical (unpaired) electrons. The number of carboxylic acids is 1. The second-order valence-corrected chi connectivity index (χ2v) is 3.39. The van der Waals surface area contributed by atoms with Crippen molar-refractivity contribution in [2.45, 2.75) is 37.3 Å². The number of rotatable bonds is 2. The highest BCUT2D eigenvalue weighted by atomic mass is 16.6. The molecule has 3 N–H and O–H groups in total. The van der Waals surface area contributed by atoms with Crippen LogP contribution in [0, 0.1) is 10.1 Å². The SMILES string of the molecule is NC1(C(=O)O)CCCCC1[N+](=O)[O-]. The van der Waals surface area contributed by atoms with Crippen LogP contribution < -0.4 is 5.73 Å². The molecule has 13 heavy (non-hydrogen) atoms. The van der Waals surface area contributed by atoms with Crippen LogP contribution in [0.4, 0.5) is 0 Å². The minimum atomic E-state index is -1.66. The van der Waals surface area contributed by atoms with Gasteiger partial charge in [-0.1, -0.05) is 6.42 Å². The second kappa shape index (κ2) is 3.29. The number of hydrogen-bond donors (Lipinski definition) is 2. The maximum absolute atomic E-state index is 10.8. The van der Waals surface area contributed by atoms with Crippen molar-refractivity contribution in [3.63, 3.8) is 0 Å². The van der Waals surface area contributed by atoms with E-state index in [9.17, 15) is 14.9 Å². The van der Waals surface area contributed by atoms with Crippen LogP contribution in [-0.2, 0) is 4.79 Å². The van der Waals surface area contributed by atoms with E-state index in [1.54, 1.807) is 0 Å². The van der Waals surface area contributed by atoms with Crippen LogP contribution in [0.25, 0.3) is 0 Å². The summed E-state index contributed by atoms with van der Waals surface area (Å²) in [6.45, 7) is 0. The van der Waals surface area contributed by atoms with Gasteiger partial charge in [0.05, 0.1) is 0 Å². The number of nitrogens with zero attached hydrogens (tertiary/aromatic N) is 1. The Kier molecular flexibility index (Phi) is 2.51. The van der Waals surface area contributed by atoms with Gasteiger partial charge in [-0.05, 0) is 12.8 Å². The van der Waals surface area contributed by atoms with E-state index in [1.165, 1.54) is 0 Å². The lowest BCUT2D eigenvalue weighted by atomic mass is 9.78. The molecule has 0 aromatic rings. The Balaban J connectivity index is 2.89. The van der Waals surface area contributed by atoms with Crippen LogP contribution in [0.2, 0.25) is 0 Å². The van der Waals surface area contributed by atoms with Crippen molar-refractivity contribution in [3.8, 4) is 0 Å². The number of nitrogens with two attached hydrogens (primary N) is 1. The molecule has 6 heteroatoms. The van der Waals surface area contributed by atoms with E-state index in [-0.39, 0.29) is 12.8 Å². The Labute approximate surface area is 74.9 Å². The predicted octanol–water partition coefficient (Wildman–Crippen LogP) is -0.0122. The van der Waals surface area contributed by atoms with Gasteiger partial charge in [0, 0.05) is 11.3 Å². The summed E-state index contributed by atoms with van der Waals surface area (Å²) in [5.41, 5.74) is 3.84. The Hall–Kier alpha value is -1.17. The topological polar surface area (TPSA) is 106 Å². The zero-order valence-corrected chi connectivity index (χ0v) is 7.10. The smallest absolute Gasteiger partial charge is 0.330 e. The Morgan fingerprint density at radius 1 is 1.62 bits per heavy atom. The van der Waals surface area contributed by atoms with Gasteiger partial charge in [0.25, 0.3) is 0 Å². The number of carboxylic acid groups (broad SMARTS) is 1. The van der Waals surface area contributed by atoms with Crippen molar-refractivity contribution in [3.05, 3.63) is 10.1 Å². The minimum absolute atomic E-state index is 0.188. The normalized spacial score (nSPS) is 34.1. The van der Waals surface area contributed by atoms with Gasteiger partial charge < -0.3 is 10.8 Å². The first kappa shape index (κ1) is 9.91. The van der Waals surface area contributed by atoms with E-state index in [1.807, 2.05) is 0 Å². The molecule has 1 saturated carbocycles. The maximum Gasteiger partial charge on any atom is 0.330 e. The predicted molar refractivity (Wildman–Crippen MR) is 43.8 cm³/mol. The molecule has 0 bridgehead atoms. The van der Waals surface area contributed by atoms with E-state index in [0.717, 1.165) is 0 Å². The minimum Gasteiger partial charge on any atom is -0.480 e. The lowest BCUT2D eigenvalue weighted by Crippen LogP contribution is -2.61. The summed E-state index contributed by atoms with van der Waals surface area (Å²) in [4.78, 5) is 20.7. The molecule has 74 valence electrons. The van der Waals surface area contributed by atoms with Gasteiger partial charge >= 0.3 is 5.97 Å². The summed E-state index contributed by atoms with van der Waals surface area (Å²) in [7, 11) is 0. The third kappa shape index (κ3) is 1.62. The molecule has 0 spiro atoms. The molecular formula is C7H12N2O4. The van der Waals surface area contributed by atoms with Gasteiger partial charge in [-0.3, -0.25) is 10.1 Å². The van der Waals surface area contributed by atoms with Crippen molar-refractivity contribution in [1.82, 2.24) is 0 Å². The third-order valence-electron chi connectivity index (χ3n) is 2.57. The molecule has 6 nitrogen and oxygen atoms in total. The molecule has 0 heterocycles. The van der Waals surface area contributed by atoms with Crippen LogP contribution >= 0.6 is 0 Å². The fraction of sp³-hybridized carbons (Fsp3) is 0.857. The van der Waals surface area contributed by atoms with E-state index in [0.29, 0.717) is 12.8 Å². The first-order valence-electron chi connectivity index (χ1n) is 4.14. The van der Waals surface area contributed by atoms with Crippen molar-refractivity contribution >= 4 is 5.97 Å². The van der Waals surface area contributed by atoms with Gasteiger partial charge in [0.1, 0.15) is 0 Å². The molecule has 1 aliphatic rings. The molecule has 2 atom stereocenters. The summed E-state index contributed by atoms with van der Waals surface area (Å²) >= 11 is 0. The van der Waals surface area contributed by atoms with Gasteiger partial charge in [-0.2, -0.15) is 0 Å². The summed E-state index contributed by atoms with van der Waals surface area (Å²) in [5, 5.41) is 19.3. The number of aliphatic carboxylic acids is 1. The lowest BCUT2D eigenvalue weighted by molar-refractivity contribution is -0.534. The summed E-state index contributed by atoms with van der Waals surface area (Å²) < 4.78 is 0. The number of nitro groups is 1. The summed E-state index contributed by atoms with van der Waals surface area (Å²) in [6, 6.07) is -1.14. The molecule has 0 aromatic carbocycles. The average molecular weight is 188 g/mol. The standard InChI is InChI=1S/C7H12N2O4/c8-7(6(10)11)4-2-1-3-5(7)9(12)13/h5H,1-4,8H2,(H,10,11). The molecular weight excluding hydrogens is 176 g/mol. The highest BCUT2D eigenvalue weighted by Crippen LogP contribution is 2.28. The second-order valence-electron chi connectivity index (χ2n) is 3.39. The molecule has 1 fully saturated rings. The van der Waals surface area contributed by atoms with Crippen LogP contribution in [-0.4, -0.2) is 27.6 Å². The largest absolute Gasteiger partial charge is 0.480 e. The molecule has 1 rings (SSSR count). The van der Waals surface area contributed by atoms with E-state index in [4.69, 9.17) is 10.8 Å². The molecule has 1 aliphatic carbocycles. The van der Waals surface area contributed by atoms with Gasteiger partial charge in [0.15, 0.2) is 5.54 Å². The van der Waals surface area contributed by atoms with Gasteiger partial charge in [0.2, 0.25) is 6.04 Å². The zero-order chi connectivity index (χ0) is 10.1. The van der Waals surface area contributed by atoms with Crippen molar-refractivity contribution in [1.29, 1.82) is 0 Å². The molecule has 2 unspecified atom stereocenters. The third-order valence-corrected chi connectivity index (χ3v) is 2.57. The molecule has 0 saturated heterocycles. The van der Waals surface area contributed by atoms with Crippen LogP contribution in [0.15, 0.2) is 0 Å². The Morgan fingerprint density at radius 2 is 2.23 bits per heavy atom. The molecule has 0 aromatic heterocycles. The average Bonchev–Trinajstić information content (AvgIpc) is 2.04. The first-order chi connectivity index (χ1) is 5.98. The summed E-state index contributed by atoms with van der Waals surface area (Å²) in [6.07, 6.45) is 1.77. The lowest BCUT2D eigenvalue weighted by Gasteiger charge is -2.31. The van der Waals surface area contributed by atoms with Crippen LogP contribution in [0.3, 0.4) is 0 Å². The van der Waals surface area contributed by atoms with Gasteiger partial charge in [-0.25, -0.2) is 4.79 Å². The van der Waals surface area contributed by atoms with Crippen LogP contribution in [0.1, 0.15) is 25.7 Å². The zero-order valence-electron chi connectivity index (χ0n) is 7.10. The Bertz CT molecular complexity index is 243. The van der Waals surface area contributed by atoms with E-state index in [2.05, 4.69) is 0 Å². The number of hydrogen-bond acceptors (Lipinski definition) is 4. The highest BCUT2D eigenvalue weighted by molar-refractivity contribution is 5.79. The monoisotopic (exact) mass is 188 g/mol. The highest BCUT2D eigenvalue weighted by Gasteiger charge is 2.51. The van der Waals surface area contributed by atoms with Crippen molar-refractivity contribution in [2.24, 2.45) is 5.73 Å². The van der Waals surface area contributed by atoms with Gasteiger partial charge in [-0.15, -0.1) is 0 Å².